The number of rotatable bonds is 5. The summed E-state index contributed by atoms with van der Waals surface area (Å²) in [6.07, 6.45) is 3.44. The molecule has 59 valence electrons. The summed E-state index contributed by atoms with van der Waals surface area (Å²) in [5.41, 5.74) is 11.2. The van der Waals surface area contributed by atoms with Crippen LogP contribution in [0.3, 0.4) is 0 Å². The lowest BCUT2D eigenvalue weighted by atomic mass is 10.2. The fraction of sp³-hybridized carbons (Fsp3) is 0.833. The van der Waals surface area contributed by atoms with Gasteiger partial charge in [0.2, 0.25) is 5.96 Å². The van der Waals surface area contributed by atoms with E-state index in [-0.39, 0.29) is 5.96 Å². The maximum absolute atomic E-state index is 6.75. The van der Waals surface area contributed by atoms with Gasteiger partial charge in [0.05, 0.1) is 0 Å². The van der Waals surface area contributed by atoms with Crippen molar-refractivity contribution in [2.75, 3.05) is 6.54 Å². The van der Waals surface area contributed by atoms with Gasteiger partial charge in [0.15, 0.2) is 0 Å². The molecule has 0 rings (SSSR count). The second kappa shape index (κ2) is 6.35. The molecule has 0 spiro atoms. The van der Waals surface area contributed by atoms with Gasteiger partial charge in [-0.25, -0.2) is 0 Å². The molecule has 4 N–H and O–H groups in total. The number of hydrogen-bond acceptors (Lipinski definition) is 1. The topological polar surface area (TPSA) is 76.0 Å². The van der Waals surface area contributed by atoms with Crippen molar-refractivity contribution >= 4 is 5.96 Å². The minimum absolute atomic E-state index is 0.0866. The van der Waals surface area contributed by atoms with Crippen LogP contribution in [-0.4, -0.2) is 12.5 Å². The van der Waals surface area contributed by atoms with E-state index in [1.54, 1.807) is 0 Å². The van der Waals surface area contributed by atoms with Crippen LogP contribution in [0.25, 0.3) is 0 Å². The highest BCUT2D eigenvalue weighted by molar-refractivity contribution is 5.73. The molecule has 0 aliphatic rings. The molecule has 4 heteroatoms. The Morgan fingerprint density at radius 3 is 2.80 bits per heavy atom. The summed E-state index contributed by atoms with van der Waals surface area (Å²) >= 11 is 0. The third-order valence-electron chi connectivity index (χ3n) is 1.07. The first-order chi connectivity index (χ1) is 4.77. The molecule has 0 saturated carbocycles. The second-order valence-corrected chi connectivity index (χ2v) is 2.11. The minimum atomic E-state index is -0.0866. The summed E-state index contributed by atoms with van der Waals surface area (Å²) in [6, 6.07) is 0. The first-order valence-corrected chi connectivity index (χ1v) is 3.54. The molecule has 0 aromatic rings. The lowest BCUT2D eigenvalue weighted by Crippen LogP contribution is -2.36. The Hall–Kier alpha value is -0.770. The number of guanidine groups is 1. The standard InChI is InChI=1S/C6H15N4/c1-2-3-4-5-9-10-6(7)8/h2-5H2,1H3,(H4,7,8,10). The third-order valence-corrected chi connectivity index (χ3v) is 1.07. The van der Waals surface area contributed by atoms with Crippen molar-refractivity contribution in [3.05, 3.63) is 0 Å². The average molecular weight is 143 g/mol. The number of nitrogens with two attached hydrogens (primary N) is 1. The number of unbranched alkanes of at least 4 members (excludes halogenated alkanes) is 2. The van der Waals surface area contributed by atoms with E-state index in [9.17, 15) is 0 Å². The molecule has 0 amide bonds. The van der Waals surface area contributed by atoms with Crippen molar-refractivity contribution in [3.63, 3.8) is 0 Å². The SMILES string of the molecule is CCCCC[N]NC(=N)N. The molecule has 10 heavy (non-hydrogen) atoms. The van der Waals surface area contributed by atoms with Gasteiger partial charge < -0.3 is 5.73 Å². The van der Waals surface area contributed by atoms with E-state index in [2.05, 4.69) is 17.8 Å². The zero-order valence-corrected chi connectivity index (χ0v) is 6.35. The van der Waals surface area contributed by atoms with Crippen molar-refractivity contribution in [1.82, 2.24) is 10.9 Å². The molecular weight excluding hydrogens is 128 g/mol. The van der Waals surface area contributed by atoms with Gasteiger partial charge in [0.1, 0.15) is 0 Å². The van der Waals surface area contributed by atoms with E-state index >= 15 is 0 Å². The van der Waals surface area contributed by atoms with Crippen molar-refractivity contribution in [2.45, 2.75) is 26.2 Å². The molecule has 0 aliphatic heterocycles. The molecule has 0 aromatic heterocycles. The molecule has 0 aromatic carbocycles. The highest BCUT2D eigenvalue weighted by Gasteiger charge is 1.87. The molecule has 0 aliphatic carbocycles. The van der Waals surface area contributed by atoms with Crippen LogP contribution < -0.4 is 16.6 Å². The molecule has 4 nitrogen and oxygen atoms in total. The molecule has 0 fully saturated rings. The Kier molecular flexibility index (Phi) is 5.86. The van der Waals surface area contributed by atoms with Gasteiger partial charge in [0, 0.05) is 6.54 Å². The van der Waals surface area contributed by atoms with Crippen LogP contribution in [0.15, 0.2) is 0 Å². The van der Waals surface area contributed by atoms with Crippen molar-refractivity contribution in [1.29, 1.82) is 5.41 Å². The Morgan fingerprint density at radius 2 is 2.30 bits per heavy atom. The Morgan fingerprint density at radius 1 is 1.60 bits per heavy atom. The van der Waals surface area contributed by atoms with E-state index < -0.39 is 0 Å². The van der Waals surface area contributed by atoms with Gasteiger partial charge in [-0.05, 0) is 6.42 Å². The van der Waals surface area contributed by atoms with Gasteiger partial charge in [-0.15, -0.1) is 5.43 Å². The van der Waals surface area contributed by atoms with Crippen LogP contribution in [0.5, 0.6) is 0 Å². The molecule has 1 radical (unpaired) electrons. The van der Waals surface area contributed by atoms with Crippen molar-refractivity contribution in [2.24, 2.45) is 5.73 Å². The van der Waals surface area contributed by atoms with E-state index in [1.807, 2.05) is 0 Å². The highest BCUT2D eigenvalue weighted by Crippen LogP contribution is 1.90. The van der Waals surface area contributed by atoms with Crippen LogP contribution in [0.2, 0.25) is 0 Å². The summed E-state index contributed by atoms with van der Waals surface area (Å²) in [5.74, 6) is -0.0866. The lowest BCUT2D eigenvalue weighted by molar-refractivity contribution is 0.578. The summed E-state index contributed by atoms with van der Waals surface area (Å²) in [7, 11) is 0. The zero-order chi connectivity index (χ0) is 7.82. The van der Waals surface area contributed by atoms with Crippen LogP contribution in [-0.2, 0) is 0 Å². The third kappa shape index (κ3) is 7.23. The minimum Gasteiger partial charge on any atom is -0.369 e. The molecule has 0 bridgehead atoms. The summed E-state index contributed by atoms with van der Waals surface area (Å²) in [6.45, 7) is 2.88. The zero-order valence-electron chi connectivity index (χ0n) is 6.35. The Labute approximate surface area is 61.7 Å². The smallest absolute Gasteiger partial charge is 0.201 e. The lowest BCUT2D eigenvalue weighted by Gasteiger charge is -2.01. The fourth-order valence-electron chi connectivity index (χ4n) is 0.582. The van der Waals surface area contributed by atoms with Gasteiger partial charge in [0.25, 0.3) is 0 Å². The van der Waals surface area contributed by atoms with E-state index in [1.165, 1.54) is 12.8 Å². The first-order valence-electron chi connectivity index (χ1n) is 3.54. The van der Waals surface area contributed by atoms with Crippen molar-refractivity contribution < 1.29 is 0 Å². The maximum Gasteiger partial charge on any atom is 0.201 e. The van der Waals surface area contributed by atoms with Crippen LogP contribution in [0, 0.1) is 5.41 Å². The summed E-state index contributed by atoms with van der Waals surface area (Å²) in [5, 5.41) is 6.75. The fourth-order valence-corrected chi connectivity index (χ4v) is 0.582. The van der Waals surface area contributed by atoms with E-state index in [0.717, 1.165) is 13.0 Å². The van der Waals surface area contributed by atoms with Crippen molar-refractivity contribution in [3.8, 4) is 0 Å². The van der Waals surface area contributed by atoms with E-state index in [0.29, 0.717) is 0 Å². The van der Waals surface area contributed by atoms with Gasteiger partial charge in [-0.1, -0.05) is 19.8 Å². The molecule has 0 heterocycles. The normalized spacial score (nSPS) is 9.30. The predicted molar refractivity (Wildman–Crippen MR) is 41.6 cm³/mol. The maximum atomic E-state index is 6.75. The highest BCUT2D eigenvalue weighted by atomic mass is 15.4. The molecule has 0 unspecified atom stereocenters. The van der Waals surface area contributed by atoms with Crippen LogP contribution in [0.1, 0.15) is 26.2 Å². The molecular formula is C6H15N4. The van der Waals surface area contributed by atoms with Crippen LogP contribution in [0.4, 0.5) is 0 Å². The number of nitrogens with zero attached hydrogens (tertiary/aromatic N) is 1. The Balaban J connectivity index is 2.84. The number of hydrogen-bond donors (Lipinski definition) is 3. The van der Waals surface area contributed by atoms with Gasteiger partial charge in [-0.3, -0.25) is 10.8 Å². The molecule has 0 atom stereocenters. The largest absolute Gasteiger partial charge is 0.369 e. The quantitative estimate of drug-likeness (QED) is 0.222. The first kappa shape index (κ1) is 9.23. The Bertz CT molecular complexity index is 91.7. The summed E-state index contributed by atoms with van der Waals surface area (Å²) in [4.78, 5) is 0. The predicted octanol–water partition coefficient (Wildman–Crippen LogP) is 0.179. The van der Waals surface area contributed by atoms with Gasteiger partial charge >= 0.3 is 0 Å². The second-order valence-electron chi connectivity index (χ2n) is 2.11. The van der Waals surface area contributed by atoms with E-state index in [4.69, 9.17) is 11.1 Å². The van der Waals surface area contributed by atoms with Gasteiger partial charge in [-0.2, -0.15) is 0 Å². The summed E-state index contributed by atoms with van der Waals surface area (Å²) < 4.78 is 0. The molecule has 0 saturated heterocycles. The van der Waals surface area contributed by atoms with Crippen LogP contribution >= 0.6 is 0 Å². The monoisotopic (exact) mass is 143 g/mol. The average Bonchev–Trinajstić information content (AvgIpc) is 1.87. The number of nitrogens with one attached hydrogen (secondary N) is 2.